The molecule has 1 unspecified atom stereocenters. The average molecular weight is 283 g/mol. The Labute approximate surface area is 114 Å². The Kier molecular flexibility index (Phi) is 3.62. The SMILES string of the molecule is O=S1(=O)CCC(n2cncc2C2CCCCN2)CC1. The van der Waals surface area contributed by atoms with Crippen molar-refractivity contribution in [2.24, 2.45) is 0 Å². The first-order valence-corrected chi connectivity index (χ1v) is 8.93. The molecule has 106 valence electrons. The van der Waals surface area contributed by atoms with Crippen LogP contribution in [-0.4, -0.2) is 36.0 Å². The molecule has 2 aliphatic rings. The molecule has 19 heavy (non-hydrogen) atoms. The first kappa shape index (κ1) is 13.1. The van der Waals surface area contributed by atoms with Gasteiger partial charge in [0.15, 0.2) is 0 Å². The normalized spacial score (nSPS) is 28.3. The summed E-state index contributed by atoms with van der Waals surface area (Å²) in [5, 5.41) is 3.54. The number of nitrogens with zero attached hydrogens (tertiary/aromatic N) is 2. The van der Waals surface area contributed by atoms with Crippen molar-refractivity contribution < 1.29 is 8.42 Å². The fourth-order valence-electron chi connectivity index (χ4n) is 3.15. The van der Waals surface area contributed by atoms with Crippen LogP contribution in [0.1, 0.15) is 49.9 Å². The van der Waals surface area contributed by atoms with Crippen LogP contribution in [0.5, 0.6) is 0 Å². The molecule has 1 aromatic rings. The minimum Gasteiger partial charge on any atom is -0.330 e. The van der Waals surface area contributed by atoms with Crippen molar-refractivity contribution >= 4 is 9.84 Å². The van der Waals surface area contributed by atoms with Crippen LogP contribution in [0, 0.1) is 0 Å². The van der Waals surface area contributed by atoms with E-state index in [1.807, 2.05) is 12.5 Å². The van der Waals surface area contributed by atoms with Crippen LogP contribution < -0.4 is 5.32 Å². The number of hydrogen-bond acceptors (Lipinski definition) is 4. The molecule has 5 nitrogen and oxygen atoms in total. The molecule has 3 heterocycles. The van der Waals surface area contributed by atoms with Gasteiger partial charge in [-0.15, -0.1) is 0 Å². The van der Waals surface area contributed by atoms with Gasteiger partial charge >= 0.3 is 0 Å². The predicted octanol–water partition coefficient (Wildman–Crippen LogP) is 1.45. The van der Waals surface area contributed by atoms with Crippen molar-refractivity contribution in [2.45, 2.75) is 44.2 Å². The van der Waals surface area contributed by atoms with E-state index in [0.717, 1.165) is 25.8 Å². The first-order valence-electron chi connectivity index (χ1n) is 7.11. The lowest BCUT2D eigenvalue weighted by atomic mass is 10.0. The number of imidazole rings is 1. The van der Waals surface area contributed by atoms with Gasteiger partial charge in [-0.25, -0.2) is 13.4 Å². The van der Waals surface area contributed by atoms with Crippen LogP contribution >= 0.6 is 0 Å². The van der Waals surface area contributed by atoms with Crippen molar-refractivity contribution in [2.75, 3.05) is 18.1 Å². The number of rotatable bonds is 2. The van der Waals surface area contributed by atoms with Gasteiger partial charge < -0.3 is 9.88 Å². The molecule has 3 rings (SSSR count). The highest BCUT2D eigenvalue weighted by molar-refractivity contribution is 7.91. The third-order valence-electron chi connectivity index (χ3n) is 4.28. The second-order valence-corrected chi connectivity index (χ2v) is 7.91. The summed E-state index contributed by atoms with van der Waals surface area (Å²) < 4.78 is 25.2. The van der Waals surface area contributed by atoms with Gasteiger partial charge in [0, 0.05) is 18.3 Å². The minimum absolute atomic E-state index is 0.296. The van der Waals surface area contributed by atoms with E-state index in [0.29, 0.717) is 23.6 Å². The summed E-state index contributed by atoms with van der Waals surface area (Å²) in [6, 6.07) is 0.680. The standard InChI is InChI=1S/C13H21N3O2S/c17-19(18)7-4-11(5-8-19)16-10-14-9-13(16)12-3-1-2-6-15-12/h9-12,15H,1-8H2. The summed E-state index contributed by atoms with van der Waals surface area (Å²) in [5.41, 5.74) is 1.23. The highest BCUT2D eigenvalue weighted by Gasteiger charge is 2.27. The first-order chi connectivity index (χ1) is 9.16. The van der Waals surface area contributed by atoms with E-state index < -0.39 is 9.84 Å². The van der Waals surface area contributed by atoms with Crippen LogP contribution in [-0.2, 0) is 9.84 Å². The van der Waals surface area contributed by atoms with E-state index in [1.54, 1.807) is 0 Å². The van der Waals surface area contributed by atoms with E-state index in [2.05, 4.69) is 14.9 Å². The molecule has 0 bridgehead atoms. The summed E-state index contributed by atoms with van der Waals surface area (Å²) in [5.74, 6) is 0.626. The van der Waals surface area contributed by atoms with Crippen LogP contribution in [0.25, 0.3) is 0 Å². The molecule has 2 aliphatic heterocycles. The lowest BCUT2D eigenvalue weighted by molar-refractivity contribution is 0.367. The van der Waals surface area contributed by atoms with Crippen molar-refractivity contribution in [3.8, 4) is 0 Å². The zero-order valence-electron chi connectivity index (χ0n) is 11.1. The van der Waals surface area contributed by atoms with Gasteiger partial charge in [0.1, 0.15) is 9.84 Å². The summed E-state index contributed by atoms with van der Waals surface area (Å²) >= 11 is 0. The molecule has 0 radical (unpaired) electrons. The molecule has 1 atom stereocenters. The van der Waals surface area contributed by atoms with E-state index in [9.17, 15) is 8.42 Å². The molecule has 2 saturated heterocycles. The second kappa shape index (κ2) is 5.25. The molecule has 1 N–H and O–H groups in total. The smallest absolute Gasteiger partial charge is 0.150 e. The summed E-state index contributed by atoms with van der Waals surface area (Å²) in [7, 11) is -2.79. The molecule has 6 heteroatoms. The van der Waals surface area contributed by atoms with Gasteiger partial charge in [-0.3, -0.25) is 0 Å². The predicted molar refractivity (Wildman–Crippen MR) is 73.7 cm³/mol. The third-order valence-corrected chi connectivity index (χ3v) is 6.00. The molecule has 1 aromatic heterocycles. The maximum atomic E-state index is 11.5. The zero-order valence-corrected chi connectivity index (χ0v) is 11.9. The maximum Gasteiger partial charge on any atom is 0.150 e. The van der Waals surface area contributed by atoms with Gasteiger partial charge in [0.05, 0.1) is 23.5 Å². The number of piperidine rings is 1. The van der Waals surface area contributed by atoms with Gasteiger partial charge in [-0.2, -0.15) is 0 Å². The molecule has 2 fully saturated rings. The summed E-state index contributed by atoms with van der Waals surface area (Å²) in [6.07, 6.45) is 8.89. The maximum absolute atomic E-state index is 11.5. The molecular formula is C13H21N3O2S. The van der Waals surface area contributed by atoms with Crippen molar-refractivity contribution in [1.82, 2.24) is 14.9 Å². The van der Waals surface area contributed by atoms with Gasteiger partial charge in [0.2, 0.25) is 0 Å². The molecule has 0 spiro atoms. The second-order valence-electron chi connectivity index (χ2n) is 5.61. The van der Waals surface area contributed by atoms with Crippen molar-refractivity contribution in [1.29, 1.82) is 0 Å². The van der Waals surface area contributed by atoms with Gasteiger partial charge in [0.25, 0.3) is 0 Å². The van der Waals surface area contributed by atoms with Crippen LogP contribution in [0.15, 0.2) is 12.5 Å². The number of aromatic nitrogens is 2. The fraction of sp³-hybridized carbons (Fsp3) is 0.769. The summed E-state index contributed by atoms with van der Waals surface area (Å²) in [6.45, 7) is 1.06. The number of sulfone groups is 1. The van der Waals surface area contributed by atoms with Crippen molar-refractivity contribution in [3.63, 3.8) is 0 Å². The third kappa shape index (κ3) is 2.84. The van der Waals surface area contributed by atoms with Crippen molar-refractivity contribution in [3.05, 3.63) is 18.2 Å². The Balaban J connectivity index is 1.76. The molecular weight excluding hydrogens is 262 g/mol. The zero-order chi connectivity index (χ0) is 13.3. The van der Waals surface area contributed by atoms with Gasteiger partial charge in [-0.05, 0) is 32.2 Å². The largest absolute Gasteiger partial charge is 0.330 e. The van der Waals surface area contributed by atoms with Gasteiger partial charge in [-0.1, -0.05) is 6.42 Å². The lowest BCUT2D eigenvalue weighted by Crippen LogP contribution is -2.31. The molecule has 0 amide bonds. The summed E-state index contributed by atoms with van der Waals surface area (Å²) in [4.78, 5) is 4.28. The molecule has 0 aromatic carbocycles. The Morgan fingerprint density at radius 1 is 1.21 bits per heavy atom. The van der Waals surface area contributed by atoms with E-state index in [-0.39, 0.29) is 0 Å². The Morgan fingerprint density at radius 2 is 2.00 bits per heavy atom. The number of nitrogens with one attached hydrogen (secondary N) is 1. The van der Waals surface area contributed by atoms with Crippen LogP contribution in [0.2, 0.25) is 0 Å². The topological polar surface area (TPSA) is 64.0 Å². The fourth-order valence-corrected chi connectivity index (χ4v) is 4.62. The van der Waals surface area contributed by atoms with Crippen LogP contribution in [0.4, 0.5) is 0 Å². The molecule has 0 saturated carbocycles. The quantitative estimate of drug-likeness (QED) is 0.892. The van der Waals surface area contributed by atoms with E-state index in [4.69, 9.17) is 0 Å². The molecule has 0 aliphatic carbocycles. The average Bonchev–Trinajstić information content (AvgIpc) is 2.89. The minimum atomic E-state index is -2.79. The lowest BCUT2D eigenvalue weighted by Gasteiger charge is -2.29. The Bertz CT molecular complexity index is 518. The van der Waals surface area contributed by atoms with E-state index in [1.165, 1.54) is 18.5 Å². The monoisotopic (exact) mass is 283 g/mol. The Morgan fingerprint density at radius 3 is 2.68 bits per heavy atom. The van der Waals surface area contributed by atoms with E-state index >= 15 is 0 Å². The number of hydrogen-bond donors (Lipinski definition) is 1. The highest BCUT2D eigenvalue weighted by Crippen LogP contribution is 2.30. The van der Waals surface area contributed by atoms with Crippen LogP contribution in [0.3, 0.4) is 0 Å². The highest BCUT2D eigenvalue weighted by atomic mass is 32.2. The Hall–Kier alpha value is -0.880.